The SMILES string of the molecule is CNC(=O)C1CCCCN1CC(=O)NC(C(C)=O)C(C)C. The number of carbonyl (C=O) groups excluding carboxylic acids is 3. The Bertz CT molecular complexity index is 396. The van der Waals surface area contributed by atoms with Gasteiger partial charge in [-0.05, 0) is 32.2 Å². The zero-order valence-corrected chi connectivity index (χ0v) is 13.4. The lowest BCUT2D eigenvalue weighted by Gasteiger charge is -2.34. The zero-order valence-electron chi connectivity index (χ0n) is 13.4. The molecule has 0 aromatic heterocycles. The van der Waals surface area contributed by atoms with Gasteiger partial charge >= 0.3 is 0 Å². The summed E-state index contributed by atoms with van der Waals surface area (Å²) < 4.78 is 0. The summed E-state index contributed by atoms with van der Waals surface area (Å²) in [5.74, 6) is -0.225. The molecule has 1 fully saturated rings. The third-order valence-corrected chi connectivity index (χ3v) is 3.93. The van der Waals surface area contributed by atoms with Gasteiger partial charge in [-0.15, -0.1) is 0 Å². The summed E-state index contributed by atoms with van der Waals surface area (Å²) >= 11 is 0. The van der Waals surface area contributed by atoms with E-state index < -0.39 is 6.04 Å². The van der Waals surface area contributed by atoms with Crippen LogP contribution in [0.2, 0.25) is 0 Å². The molecule has 2 unspecified atom stereocenters. The van der Waals surface area contributed by atoms with E-state index in [0.29, 0.717) is 0 Å². The lowest BCUT2D eigenvalue weighted by Crippen LogP contribution is -2.54. The van der Waals surface area contributed by atoms with Crippen molar-refractivity contribution in [2.24, 2.45) is 5.92 Å². The normalized spacial score (nSPS) is 20.9. The van der Waals surface area contributed by atoms with Crippen LogP contribution in [0.4, 0.5) is 0 Å². The van der Waals surface area contributed by atoms with Crippen molar-refractivity contribution in [1.82, 2.24) is 15.5 Å². The third-order valence-electron chi connectivity index (χ3n) is 3.93. The lowest BCUT2D eigenvalue weighted by atomic mass is 10.00. The first-order valence-corrected chi connectivity index (χ1v) is 7.62. The van der Waals surface area contributed by atoms with Crippen molar-refractivity contribution < 1.29 is 14.4 Å². The predicted molar refractivity (Wildman–Crippen MR) is 80.7 cm³/mol. The number of hydrogen-bond acceptors (Lipinski definition) is 4. The Labute approximate surface area is 126 Å². The molecule has 21 heavy (non-hydrogen) atoms. The summed E-state index contributed by atoms with van der Waals surface area (Å²) in [5, 5.41) is 5.43. The maximum atomic E-state index is 12.2. The fraction of sp³-hybridized carbons (Fsp3) is 0.800. The van der Waals surface area contributed by atoms with Crippen molar-refractivity contribution in [3.63, 3.8) is 0 Å². The van der Waals surface area contributed by atoms with Crippen LogP contribution in [-0.4, -0.2) is 54.7 Å². The first-order chi connectivity index (χ1) is 9.86. The molecule has 2 amide bonds. The van der Waals surface area contributed by atoms with Crippen LogP contribution in [0, 0.1) is 5.92 Å². The zero-order chi connectivity index (χ0) is 16.0. The fourth-order valence-corrected chi connectivity index (χ4v) is 2.79. The van der Waals surface area contributed by atoms with E-state index in [1.54, 1.807) is 7.05 Å². The number of carbonyl (C=O) groups is 3. The number of rotatable bonds is 6. The average molecular weight is 297 g/mol. The molecule has 1 aliphatic rings. The van der Waals surface area contributed by atoms with Gasteiger partial charge in [0.25, 0.3) is 0 Å². The Kier molecular flexibility index (Phi) is 6.81. The molecule has 2 atom stereocenters. The highest BCUT2D eigenvalue weighted by Crippen LogP contribution is 2.16. The highest BCUT2D eigenvalue weighted by atomic mass is 16.2. The standard InChI is InChI=1S/C15H27N3O3/c1-10(2)14(11(3)19)17-13(20)9-18-8-6-5-7-12(18)15(21)16-4/h10,12,14H,5-9H2,1-4H3,(H,16,21)(H,17,20). The van der Waals surface area contributed by atoms with Gasteiger partial charge in [-0.3, -0.25) is 19.3 Å². The quantitative estimate of drug-likeness (QED) is 0.740. The fourth-order valence-electron chi connectivity index (χ4n) is 2.79. The molecule has 1 heterocycles. The van der Waals surface area contributed by atoms with Gasteiger partial charge in [-0.1, -0.05) is 20.3 Å². The van der Waals surface area contributed by atoms with Crippen LogP contribution in [-0.2, 0) is 14.4 Å². The molecular weight excluding hydrogens is 270 g/mol. The summed E-state index contributed by atoms with van der Waals surface area (Å²) in [6.07, 6.45) is 2.76. The molecule has 1 saturated heterocycles. The van der Waals surface area contributed by atoms with Gasteiger partial charge in [0.05, 0.1) is 18.6 Å². The summed E-state index contributed by atoms with van der Waals surface area (Å²) in [6.45, 7) is 6.19. The van der Waals surface area contributed by atoms with E-state index in [1.165, 1.54) is 6.92 Å². The van der Waals surface area contributed by atoms with Crippen LogP contribution >= 0.6 is 0 Å². The summed E-state index contributed by atoms with van der Waals surface area (Å²) in [4.78, 5) is 37.4. The molecular formula is C15H27N3O3. The number of nitrogens with zero attached hydrogens (tertiary/aromatic N) is 1. The van der Waals surface area contributed by atoms with Crippen molar-refractivity contribution in [2.45, 2.75) is 52.1 Å². The molecule has 6 heteroatoms. The van der Waals surface area contributed by atoms with Crippen LogP contribution in [0.5, 0.6) is 0 Å². The number of Topliss-reactive ketones (excluding diaryl/α,β-unsaturated/α-hetero) is 1. The minimum atomic E-state index is -0.458. The van der Waals surface area contributed by atoms with E-state index >= 15 is 0 Å². The monoisotopic (exact) mass is 297 g/mol. The first kappa shape index (κ1) is 17.6. The van der Waals surface area contributed by atoms with Gasteiger partial charge in [-0.2, -0.15) is 0 Å². The topological polar surface area (TPSA) is 78.5 Å². The van der Waals surface area contributed by atoms with Gasteiger partial charge in [0, 0.05) is 7.05 Å². The molecule has 120 valence electrons. The number of piperidine rings is 1. The molecule has 0 aromatic rings. The number of ketones is 1. The van der Waals surface area contributed by atoms with Crippen molar-refractivity contribution in [2.75, 3.05) is 20.1 Å². The Morgan fingerprint density at radius 3 is 2.43 bits per heavy atom. The average Bonchev–Trinajstić information content (AvgIpc) is 2.43. The predicted octanol–water partition coefficient (Wildman–Crippen LogP) is 0.317. The molecule has 2 N–H and O–H groups in total. The summed E-state index contributed by atoms with van der Waals surface area (Å²) in [7, 11) is 1.61. The third kappa shape index (κ3) is 5.12. The van der Waals surface area contributed by atoms with E-state index in [0.717, 1.165) is 25.8 Å². The second-order valence-corrected chi connectivity index (χ2v) is 6.00. The number of nitrogens with one attached hydrogen (secondary N) is 2. The second kappa shape index (κ2) is 8.12. The minimum Gasteiger partial charge on any atom is -0.358 e. The van der Waals surface area contributed by atoms with Gasteiger partial charge in [0.15, 0.2) is 5.78 Å². The molecule has 0 aliphatic carbocycles. The maximum Gasteiger partial charge on any atom is 0.237 e. The van der Waals surface area contributed by atoms with Crippen LogP contribution in [0.15, 0.2) is 0 Å². The Balaban J connectivity index is 2.62. The molecule has 0 spiro atoms. The molecule has 0 radical (unpaired) electrons. The number of likely N-dealkylation sites (N-methyl/N-ethyl adjacent to an activating group) is 1. The smallest absolute Gasteiger partial charge is 0.237 e. The van der Waals surface area contributed by atoms with Crippen molar-refractivity contribution in [1.29, 1.82) is 0 Å². The van der Waals surface area contributed by atoms with E-state index in [2.05, 4.69) is 10.6 Å². The summed E-state index contributed by atoms with van der Waals surface area (Å²) in [6, 6.07) is -0.704. The molecule has 0 bridgehead atoms. The summed E-state index contributed by atoms with van der Waals surface area (Å²) in [5.41, 5.74) is 0. The highest BCUT2D eigenvalue weighted by molar-refractivity contribution is 5.89. The van der Waals surface area contributed by atoms with Crippen molar-refractivity contribution >= 4 is 17.6 Å². The first-order valence-electron chi connectivity index (χ1n) is 7.62. The van der Waals surface area contributed by atoms with Gasteiger partial charge in [0.1, 0.15) is 0 Å². The largest absolute Gasteiger partial charge is 0.358 e. The van der Waals surface area contributed by atoms with Crippen LogP contribution in [0.1, 0.15) is 40.0 Å². The van der Waals surface area contributed by atoms with Gasteiger partial charge in [0.2, 0.25) is 11.8 Å². The maximum absolute atomic E-state index is 12.2. The van der Waals surface area contributed by atoms with E-state index in [9.17, 15) is 14.4 Å². The van der Waals surface area contributed by atoms with E-state index in [-0.39, 0.29) is 36.1 Å². The van der Waals surface area contributed by atoms with Crippen LogP contribution in [0.25, 0.3) is 0 Å². The number of amides is 2. The molecule has 1 aliphatic heterocycles. The van der Waals surface area contributed by atoms with E-state index in [4.69, 9.17) is 0 Å². The van der Waals surface area contributed by atoms with Gasteiger partial charge in [-0.25, -0.2) is 0 Å². The van der Waals surface area contributed by atoms with Crippen molar-refractivity contribution in [3.8, 4) is 0 Å². The molecule has 1 rings (SSSR count). The number of likely N-dealkylation sites (tertiary alicyclic amines) is 1. The minimum absolute atomic E-state index is 0.0418. The van der Waals surface area contributed by atoms with E-state index in [1.807, 2.05) is 18.7 Å². The molecule has 0 saturated carbocycles. The van der Waals surface area contributed by atoms with Crippen molar-refractivity contribution in [3.05, 3.63) is 0 Å². The second-order valence-electron chi connectivity index (χ2n) is 6.00. The van der Waals surface area contributed by atoms with Crippen LogP contribution in [0.3, 0.4) is 0 Å². The highest BCUT2D eigenvalue weighted by Gasteiger charge is 2.30. The molecule has 6 nitrogen and oxygen atoms in total. The Morgan fingerprint density at radius 2 is 1.90 bits per heavy atom. The van der Waals surface area contributed by atoms with Gasteiger partial charge < -0.3 is 10.6 Å². The molecule has 0 aromatic carbocycles. The van der Waals surface area contributed by atoms with Crippen LogP contribution < -0.4 is 10.6 Å². The Hall–Kier alpha value is -1.43. The number of hydrogen-bond donors (Lipinski definition) is 2. The Morgan fingerprint density at radius 1 is 1.24 bits per heavy atom. The lowest BCUT2D eigenvalue weighted by molar-refractivity contribution is -0.132.